The Morgan fingerprint density at radius 2 is 1.22 bits per heavy atom. The fraction of sp³-hybridized carbons (Fsp3) is 0.524. The second-order valence-corrected chi connectivity index (χ2v) is 20.0. The SMILES string of the molecule is CCC1=C(C(=O)OC(C)OC(=O)OC(C)C)N2C(=O)C(NC(=O)/C(=N/OC)c3cnc(N)s3)C2SC1.CCC1=CSC2C(NC(=O)/C(=N\OC)c3cnc(N)s3)C(=O)N2C1C(=O)OC(C)OC(=O)OC(C)C. The fourth-order valence-corrected chi connectivity index (χ4v) is 11.0. The first-order valence-corrected chi connectivity index (χ1v) is 25.5. The number of aromatic nitrogens is 2. The minimum absolute atomic E-state index is 0.0745. The number of β-lactam (4-membered cyclic amide) rings is 2. The van der Waals surface area contributed by atoms with Crippen LogP contribution in [0.2, 0.25) is 0 Å². The summed E-state index contributed by atoms with van der Waals surface area (Å²) in [5.41, 5.74) is 12.5. The van der Waals surface area contributed by atoms with Gasteiger partial charge >= 0.3 is 24.2 Å². The van der Waals surface area contributed by atoms with E-state index >= 15 is 0 Å². The van der Waals surface area contributed by atoms with Crippen molar-refractivity contribution in [1.82, 2.24) is 30.4 Å². The van der Waals surface area contributed by atoms with Crippen LogP contribution in [-0.4, -0.2) is 153 Å². The molecule has 7 unspecified atom stereocenters. The van der Waals surface area contributed by atoms with E-state index in [0.717, 1.165) is 22.7 Å². The molecular formula is C42H54N10O16S4. The number of rotatable bonds is 18. The largest absolute Gasteiger partial charge is 0.511 e. The van der Waals surface area contributed by atoms with Crippen LogP contribution in [0.5, 0.6) is 0 Å². The molecule has 2 fully saturated rings. The Balaban J connectivity index is 0.000000267. The van der Waals surface area contributed by atoms with E-state index in [-0.39, 0.29) is 27.4 Å². The monoisotopic (exact) mass is 1080 g/mol. The van der Waals surface area contributed by atoms with Gasteiger partial charge in [-0.15, -0.1) is 23.5 Å². The molecule has 392 valence electrons. The van der Waals surface area contributed by atoms with Crippen LogP contribution in [0.4, 0.5) is 19.9 Å². The van der Waals surface area contributed by atoms with Gasteiger partial charge in [0.2, 0.25) is 18.5 Å². The average molecular weight is 1080 g/mol. The summed E-state index contributed by atoms with van der Waals surface area (Å²) in [5.74, 6) is -3.42. The van der Waals surface area contributed by atoms with E-state index in [1.165, 1.54) is 73.8 Å². The Kier molecular flexibility index (Phi) is 19.6. The molecule has 4 amide bonds. The Morgan fingerprint density at radius 1 is 0.722 bits per heavy atom. The highest BCUT2D eigenvalue weighted by Gasteiger charge is 2.57. The summed E-state index contributed by atoms with van der Waals surface area (Å²) < 4.78 is 30.2. The summed E-state index contributed by atoms with van der Waals surface area (Å²) in [6, 6.07) is -2.86. The molecule has 6 N–H and O–H groups in total. The van der Waals surface area contributed by atoms with Gasteiger partial charge in [-0.1, -0.05) is 46.8 Å². The molecule has 4 aliphatic heterocycles. The van der Waals surface area contributed by atoms with Gasteiger partial charge in [-0.3, -0.25) is 24.1 Å². The standard InChI is InChI=1S/2C21H27N5O8S2/c2*1-6-11-8-35-18-14(24-16(27)13(25-31-5)12-7-23-20(22)36-12)17(28)26(18)15(11)19(29)33-10(4)34-21(30)32-9(2)3/h7,9-10,14,18H,6,8H2,1-5H3,(H2,22,23)(H,24,27);7-10,14-15,18H,6H2,1-5H3,(H2,22,23)(H,24,27)/b25-13+;25-13-. The summed E-state index contributed by atoms with van der Waals surface area (Å²) in [4.78, 5) is 122. The summed E-state index contributed by atoms with van der Waals surface area (Å²) >= 11 is 4.78. The lowest BCUT2D eigenvalue weighted by atomic mass is 9.96. The normalized spacial score (nSPS) is 21.2. The van der Waals surface area contributed by atoms with Crippen LogP contribution in [0.25, 0.3) is 0 Å². The van der Waals surface area contributed by atoms with E-state index in [1.54, 1.807) is 33.1 Å². The molecule has 2 saturated heterocycles. The van der Waals surface area contributed by atoms with Crippen molar-refractivity contribution in [3.8, 4) is 0 Å². The van der Waals surface area contributed by atoms with Crippen molar-refractivity contribution in [2.75, 3.05) is 31.4 Å². The second-order valence-electron chi connectivity index (χ2n) is 15.8. The first-order chi connectivity index (χ1) is 34.1. The molecule has 6 rings (SSSR count). The van der Waals surface area contributed by atoms with E-state index in [1.807, 2.05) is 13.8 Å². The van der Waals surface area contributed by atoms with Crippen LogP contribution in [0.1, 0.15) is 78.0 Å². The number of anilines is 2. The molecular weight excluding hydrogens is 1030 g/mol. The summed E-state index contributed by atoms with van der Waals surface area (Å²) in [6.07, 6.45) is -1.51. The molecule has 6 heterocycles. The number of carbonyl (C=O) groups is 8. The van der Waals surface area contributed by atoms with E-state index in [0.29, 0.717) is 39.5 Å². The van der Waals surface area contributed by atoms with Gasteiger partial charge in [0.05, 0.1) is 22.0 Å². The maximum Gasteiger partial charge on any atom is 0.511 e. The molecule has 26 nitrogen and oxygen atoms in total. The number of fused-ring (bicyclic) bond motifs is 2. The van der Waals surface area contributed by atoms with Crippen molar-refractivity contribution in [3.63, 3.8) is 0 Å². The highest BCUT2D eigenvalue weighted by Crippen LogP contribution is 2.43. The Morgan fingerprint density at radius 3 is 1.67 bits per heavy atom. The zero-order valence-corrected chi connectivity index (χ0v) is 43.8. The Hall–Kier alpha value is -6.66. The van der Waals surface area contributed by atoms with Crippen LogP contribution >= 0.6 is 46.2 Å². The number of hydrogen-bond acceptors (Lipinski definition) is 26. The van der Waals surface area contributed by atoms with Crippen LogP contribution in [-0.2, 0) is 66.9 Å². The molecule has 0 aliphatic carbocycles. The fourth-order valence-electron chi connectivity index (χ4n) is 6.91. The first kappa shape index (κ1) is 56.3. The summed E-state index contributed by atoms with van der Waals surface area (Å²) in [7, 11) is 2.57. The van der Waals surface area contributed by atoms with Crippen molar-refractivity contribution in [2.24, 2.45) is 10.3 Å². The second kappa shape index (κ2) is 25.1. The smallest absolute Gasteiger partial charge is 0.431 e. The van der Waals surface area contributed by atoms with Gasteiger partial charge in [-0.2, -0.15) is 0 Å². The molecule has 0 aromatic carbocycles. The van der Waals surface area contributed by atoms with Gasteiger partial charge in [0, 0.05) is 32.0 Å². The average Bonchev–Trinajstić information content (AvgIpc) is 3.95. The van der Waals surface area contributed by atoms with E-state index in [2.05, 4.69) is 30.9 Å². The van der Waals surface area contributed by atoms with Crippen molar-refractivity contribution < 1.29 is 76.5 Å². The summed E-state index contributed by atoms with van der Waals surface area (Å²) in [5, 5.41) is 13.9. The topological polar surface area (TPSA) is 343 Å². The lowest BCUT2D eigenvalue weighted by Crippen LogP contribution is -2.74. The van der Waals surface area contributed by atoms with Crippen LogP contribution in [0.3, 0.4) is 0 Å². The molecule has 0 saturated carbocycles. The number of nitrogen functional groups attached to an aromatic ring is 2. The van der Waals surface area contributed by atoms with E-state index < -0.39 is 102 Å². The number of esters is 2. The van der Waals surface area contributed by atoms with Crippen molar-refractivity contribution in [3.05, 3.63) is 44.4 Å². The van der Waals surface area contributed by atoms with E-state index in [9.17, 15) is 38.4 Å². The minimum atomic E-state index is -1.24. The quantitative estimate of drug-likeness (QED) is 0.0416. The van der Waals surface area contributed by atoms with Crippen LogP contribution in [0, 0.1) is 0 Å². The number of oxime groups is 2. The lowest BCUT2D eigenvalue weighted by Gasteiger charge is -2.51. The third kappa shape index (κ3) is 13.4. The van der Waals surface area contributed by atoms with Gasteiger partial charge in [0.15, 0.2) is 27.7 Å². The highest BCUT2D eigenvalue weighted by molar-refractivity contribution is 8.03. The molecule has 2 aromatic rings. The van der Waals surface area contributed by atoms with Gasteiger partial charge < -0.3 is 65.1 Å². The number of amides is 4. The molecule has 30 heteroatoms. The van der Waals surface area contributed by atoms with Gasteiger partial charge in [0.1, 0.15) is 42.7 Å². The van der Waals surface area contributed by atoms with Crippen LogP contribution < -0.4 is 22.1 Å². The third-order valence-electron chi connectivity index (χ3n) is 9.99. The maximum absolute atomic E-state index is 13.1. The number of thiazole rings is 2. The number of carbonyl (C=O) groups excluding carboxylic acids is 8. The van der Waals surface area contributed by atoms with Crippen LogP contribution in [0.15, 0.2) is 45.0 Å². The first-order valence-electron chi connectivity index (χ1n) is 21.9. The zero-order chi connectivity index (χ0) is 53.1. The van der Waals surface area contributed by atoms with E-state index in [4.69, 9.17) is 49.6 Å². The van der Waals surface area contributed by atoms with Gasteiger partial charge in [-0.05, 0) is 57.1 Å². The highest BCUT2D eigenvalue weighted by atomic mass is 32.2. The predicted octanol–water partition coefficient (Wildman–Crippen LogP) is 3.18. The lowest BCUT2D eigenvalue weighted by molar-refractivity contribution is -0.179. The van der Waals surface area contributed by atoms with Gasteiger partial charge in [0.25, 0.3) is 17.7 Å². The predicted molar refractivity (Wildman–Crippen MR) is 261 cm³/mol. The third-order valence-corrected chi connectivity index (χ3v) is 14.2. The molecule has 0 spiro atoms. The number of thioether (sulfide) groups is 2. The molecule has 0 bridgehead atoms. The number of nitrogens with one attached hydrogen (secondary N) is 2. The zero-order valence-electron chi connectivity index (χ0n) is 40.6. The number of nitrogens with two attached hydrogens (primary N) is 2. The van der Waals surface area contributed by atoms with Gasteiger partial charge in [-0.25, -0.2) is 29.1 Å². The molecule has 2 aromatic heterocycles. The van der Waals surface area contributed by atoms with Crippen molar-refractivity contribution >= 4 is 116 Å². The van der Waals surface area contributed by atoms with Crippen molar-refractivity contribution in [2.45, 2.75) is 122 Å². The van der Waals surface area contributed by atoms with Crippen molar-refractivity contribution in [1.29, 1.82) is 0 Å². The molecule has 0 radical (unpaired) electrons. The number of nitrogens with zero attached hydrogens (tertiary/aromatic N) is 6. The Labute approximate surface area is 428 Å². The number of hydrogen-bond donors (Lipinski definition) is 4. The maximum atomic E-state index is 13.1. The summed E-state index contributed by atoms with van der Waals surface area (Å²) in [6.45, 7) is 13.0. The number of ether oxygens (including phenoxy) is 6. The minimum Gasteiger partial charge on any atom is -0.431 e. The molecule has 4 aliphatic rings. The Bertz CT molecular complexity index is 2460. The molecule has 7 atom stereocenters. The molecule has 72 heavy (non-hydrogen) atoms.